The van der Waals surface area contributed by atoms with Gasteiger partial charge < -0.3 is 20.3 Å². The summed E-state index contributed by atoms with van der Waals surface area (Å²) in [5.74, 6) is 2.92. The molecule has 1 saturated carbocycles. The summed E-state index contributed by atoms with van der Waals surface area (Å²) in [7, 11) is 0. The van der Waals surface area contributed by atoms with Crippen LogP contribution in [0.15, 0.2) is 18.5 Å². The van der Waals surface area contributed by atoms with E-state index in [9.17, 15) is 0 Å². The van der Waals surface area contributed by atoms with Crippen molar-refractivity contribution in [2.24, 2.45) is 5.92 Å². The minimum Gasteiger partial charge on any atom is -0.378 e. The summed E-state index contributed by atoms with van der Waals surface area (Å²) in [6.07, 6.45) is 6.04. The highest BCUT2D eigenvalue weighted by Gasteiger charge is 2.44. The molecule has 2 aromatic rings. The summed E-state index contributed by atoms with van der Waals surface area (Å²) in [6, 6.07) is 3.26. The molecule has 0 radical (unpaired) electrons. The molecule has 4 saturated heterocycles. The van der Waals surface area contributed by atoms with Crippen LogP contribution in [0, 0.1) is 5.92 Å². The van der Waals surface area contributed by atoms with E-state index in [2.05, 4.69) is 30.7 Å². The molecule has 0 unspecified atom stereocenters. The largest absolute Gasteiger partial charge is 0.378 e. The monoisotopic (exact) mass is 394 g/mol. The van der Waals surface area contributed by atoms with E-state index in [-0.39, 0.29) is 5.95 Å². The maximum absolute atomic E-state index is 5.67. The molecular formula is C20H26N8O. The van der Waals surface area contributed by atoms with Crippen LogP contribution in [-0.4, -0.2) is 82.9 Å². The van der Waals surface area contributed by atoms with Crippen LogP contribution >= 0.6 is 0 Å². The Hall–Kier alpha value is -2.52. The number of ether oxygens (including phenoxy) is 1. The van der Waals surface area contributed by atoms with Gasteiger partial charge in [0.1, 0.15) is 5.82 Å². The normalized spacial score (nSPS) is 27.0. The number of hydrogen-bond acceptors (Lipinski definition) is 9. The number of rotatable bonds is 4. The molecule has 4 aliphatic heterocycles. The van der Waals surface area contributed by atoms with Crippen molar-refractivity contribution in [2.45, 2.75) is 24.9 Å². The number of nitrogens with zero attached hydrogens (tertiary/aromatic N) is 7. The van der Waals surface area contributed by atoms with E-state index in [4.69, 9.17) is 20.4 Å². The zero-order chi connectivity index (χ0) is 19.4. The second kappa shape index (κ2) is 6.77. The van der Waals surface area contributed by atoms with Crippen LogP contribution in [0.3, 0.4) is 0 Å². The molecule has 2 bridgehead atoms. The molecule has 0 atom stereocenters. The van der Waals surface area contributed by atoms with Crippen molar-refractivity contribution in [1.29, 1.82) is 0 Å². The summed E-state index contributed by atoms with van der Waals surface area (Å²) in [5, 5.41) is 0. The molecule has 0 aromatic carbocycles. The summed E-state index contributed by atoms with van der Waals surface area (Å²) in [5.41, 5.74) is 7.41. The van der Waals surface area contributed by atoms with Crippen molar-refractivity contribution < 1.29 is 4.74 Å². The highest BCUT2D eigenvalue weighted by molar-refractivity contribution is 5.64. The van der Waals surface area contributed by atoms with E-state index in [1.165, 1.54) is 12.8 Å². The predicted molar refractivity (Wildman–Crippen MR) is 110 cm³/mol. The molecule has 29 heavy (non-hydrogen) atoms. The standard InChI is InChI=1S/C20H26N8O/c21-19-22-8-14(9-23-19)17-7-18(25-20(24-17)28-10-13-5-15(28)6-13)27-3-1-26(2-4-27)16-11-29-12-16/h7-9,13,15-16H,1-6,10-12H2,(H2,21,22,23). The first-order valence-electron chi connectivity index (χ1n) is 10.5. The highest BCUT2D eigenvalue weighted by Crippen LogP contribution is 2.42. The van der Waals surface area contributed by atoms with Crippen molar-refractivity contribution in [3.8, 4) is 11.3 Å². The Bertz CT molecular complexity index is 888. The second-order valence-electron chi connectivity index (χ2n) is 8.60. The molecular weight excluding hydrogens is 368 g/mol. The number of nitrogen functional groups attached to an aromatic ring is 1. The van der Waals surface area contributed by atoms with E-state index < -0.39 is 0 Å². The fraction of sp³-hybridized carbons (Fsp3) is 0.600. The first-order chi connectivity index (χ1) is 14.2. The Kier molecular flexibility index (Phi) is 4.05. The third-order valence-corrected chi connectivity index (χ3v) is 6.81. The van der Waals surface area contributed by atoms with E-state index in [1.54, 1.807) is 12.4 Å². The molecule has 5 aliphatic rings. The number of aromatic nitrogens is 4. The maximum Gasteiger partial charge on any atom is 0.228 e. The summed E-state index contributed by atoms with van der Waals surface area (Å²) in [4.78, 5) is 25.5. The van der Waals surface area contributed by atoms with Gasteiger partial charge in [-0.3, -0.25) is 4.90 Å². The molecule has 7 rings (SSSR count). The van der Waals surface area contributed by atoms with E-state index >= 15 is 0 Å². The van der Waals surface area contributed by atoms with Crippen molar-refractivity contribution in [3.63, 3.8) is 0 Å². The van der Waals surface area contributed by atoms with Gasteiger partial charge in [0, 0.05) is 62.8 Å². The van der Waals surface area contributed by atoms with Crippen LogP contribution in [-0.2, 0) is 4.74 Å². The van der Waals surface area contributed by atoms with Gasteiger partial charge in [-0.1, -0.05) is 0 Å². The van der Waals surface area contributed by atoms with Gasteiger partial charge in [0.15, 0.2) is 0 Å². The Balaban J connectivity index is 1.30. The molecule has 6 heterocycles. The Labute approximate surface area is 169 Å². The molecule has 0 amide bonds. The van der Waals surface area contributed by atoms with Crippen LogP contribution in [0.5, 0.6) is 0 Å². The van der Waals surface area contributed by atoms with Gasteiger partial charge in [0.25, 0.3) is 0 Å². The average molecular weight is 394 g/mol. The first-order valence-corrected chi connectivity index (χ1v) is 10.5. The molecule has 0 spiro atoms. The first kappa shape index (κ1) is 17.3. The van der Waals surface area contributed by atoms with Crippen molar-refractivity contribution in [3.05, 3.63) is 18.5 Å². The molecule has 9 heteroatoms. The van der Waals surface area contributed by atoms with Gasteiger partial charge in [0.05, 0.1) is 24.9 Å². The zero-order valence-corrected chi connectivity index (χ0v) is 16.4. The Morgan fingerprint density at radius 3 is 2.34 bits per heavy atom. The molecule has 5 fully saturated rings. The van der Waals surface area contributed by atoms with E-state index in [0.717, 1.165) is 74.9 Å². The third kappa shape index (κ3) is 3.08. The lowest BCUT2D eigenvalue weighted by atomic mass is 9.86. The number of piperazine rings is 1. The van der Waals surface area contributed by atoms with Crippen molar-refractivity contribution in [2.75, 3.05) is 61.5 Å². The van der Waals surface area contributed by atoms with Gasteiger partial charge in [-0.25, -0.2) is 15.0 Å². The minimum atomic E-state index is 0.278. The molecule has 9 nitrogen and oxygen atoms in total. The lowest BCUT2D eigenvalue weighted by molar-refractivity contribution is -0.0660. The van der Waals surface area contributed by atoms with Crippen LogP contribution < -0.4 is 15.5 Å². The quantitative estimate of drug-likeness (QED) is 0.801. The molecule has 1 aliphatic carbocycles. The van der Waals surface area contributed by atoms with Gasteiger partial charge in [-0.05, 0) is 18.8 Å². The molecule has 2 N–H and O–H groups in total. The maximum atomic E-state index is 5.67. The van der Waals surface area contributed by atoms with Gasteiger partial charge in [0.2, 0.25) is 11.9 Å². The van der Waals surface area contributed by atoms with Crippen molar-refractivity contribution in [1.82, 2.24) is 24.8 Å². The lowest BCUT2D eigenvalue weighted by Gasteiger charge is -2.43. The smallest absolute Gasteiger partial charge is 0.228 e. The Morgan fingerprint density at radius 1 is 0.966 bits per heavy atom. The van der Waals surface area contributed by atoms with Crippen LogP contribution in [0.25, 0.3) is 11.3 Å². The minimum absolute atomic E-state index is 0.278. The number of anilines is 3. The fourth-order valence-corrected chi connectivity index (χ4v) is 4.86. The Morgan fingerprint density at radius 2 is 1.72 bits per heavy atom. The van der Waals surface area contributed by atoms with Crippen molar-refractivity contribution >= 4 is 17.7 Å². The molecule has 2 aromatic heterocycles. The average Bonchev–Trinajstić information content (AvgIpc) is 3.29. The number of nitrogens with two attached hydrogens (primary N) is 1. The van der Waals surface area contributed by atoms with Gasteiger partial charge in [-0.15, -0.1) is 0 Å². The highest BCUT2D eigenvalue weighted by atomic mass is 16.5. The predicted octanol–water partition coefficient (Wildman–Crippen LogP) is 0.635. The summed E-state index contributed by atoms with van der Waals surface area (Å²) < 4.78 is 5.36. The van der Waals surface area contributed by atoms with Crippen LogP contribution in [0.4, 0.5) is 17.7 Å². The van der Waals surface area contributed by atoms with Gasteiger partial charge >= 0.3 is 0 Å². The SMILES string of the molecule is Nc1ncc(-c2cc(N3CCN(C4COC4)CC3)nc(N3CC4CC3C4)n2)cn1. The topological polar surface area (TPSA) is 96.5 Å². The van der Waals surface area contributed by atoms with E-state index in [1.807, 2.05) is 0 Å². The molecule has 152 valence electrons. The fourth-order valence-electron chi connectivity index (χ4n) is 4.86. The second-order valence-corrected chi connectivity index (χ2v) is 8.60. The summed E-state index contributed by atoms with van der Waals surface area (Å²) in [6.45, 7) is 6.84. The number of fused-ring (bicyclic) bond motifs is 1. The van der Waals surface area contributed by atoms with Crippen LogP contribution in [0.2, 0.25) is 0 Å². The third-order valence-electron chi connectivity index (χ3n) is 6.81. The lowest BCUT2D eigenvalue weighted by Crippen LogP contribution is -2.56. The van der Waals surface area contributed by atoms with Crippen LogP contribution in [0.1, 0.15) is 12.8 Å². The van der Waals surface area contributed by atoms with E-state index in [0.29, 0.717) is 12.1 Å². The zero-order valence-electron chi connectivity index (χ0n) is 16.4. The number of hydrogen-bond donors (Lipinski definition) is 1. The van der Waals surface area contributed by atoms with Gasteiger partial charge in [-0.2, -0.15) is 4.98 Å². The summed E-state index contributed by atoms with van der Waals surface area (Å²) >= 11 is 0.